The number of ether oxygens (including phenoxy) is 1. The van der Waals surface area contributed by atoms with Gasteiger partial charge in [-0.2, -0.15) is 0 Å². The Bertz CT molecular complexity index is 367. The zero-order chi connectivity index (χ0) is 9.59. The molecule has 0 amide bonds. The molecule has 2 rings (SSSR count). The minimum atomic E-state index is 0.194. The van der Waals surface area contributed by atoms with Crippen LogP contribution in [0.5, 0.6) is 5.75 Å². The van der Waals surface area contributed by atoms with Gasteiger partial charge in [-0.15, -0.1) is 0 Å². The summed E-state index contributed by atoms with van der Waals surface area (Å²) in [4.78, 5) is 3.91. The van der Waals surface area contributed by atoms with Crippen LogP contribution >= 0.6 is 34.8 Å². The summed E-state index contributed by atoms with van der Waals surface area (Å²) >= 11 is 17.5. The maximum absolute atomic E-state index is 5.91. The van der Waals surface area contributed by atoms with E-state index < -0.39 is 0 Å². The van der Waals surface area contributed by atoms with Gasteiger partial charge < -0.3 is 4.74 Å². The Labute approximate surface area is 90.8 Å². The maximum atomic E-state index is 5.91. The predicted molar refractivity (Wildman–Crippen MR) is 53.2 cm³/mol. The number of pyridine rings is 1. The molecule has 1 aliphatic heterocycles. The molecule has 2 nitrogen and oxygen atoms in total. The second kappa shape index (κ2) is 3.19. The van der Waals surface area contributed by atoms with E-state index >= 15 is 0 Å². The lowest BCUT2D eigenvalue weighted by molar-refractivity contribution is 0.337. The van der Waals surface area contributed by atoms with Gasteiger partial charge in [-0.1, -0.05) is 41.7 Å². The number of fused-ring (bicyclic) bond motifs is 1. The number of rotatable bonds is 0. The molecular formula is C8H6Cl3NO. The number of halogens is 3. The summed E-state index contributed by atoms with van der Waals surface area (Å²) in [6.07, 6.45) is 0. The highest BCUT2D eigenvalue weighted by atomic mass is 35.5. The summed E-state index contributed by atoms with van der Waals surface area (Å²) in [5, 5.41) is 0.930. The molecule has 1 aliphatic rings. The Morgan fingerprint density at radius 1 is 1.31 bits per heavy atom. The Hall–Kier alpha value is -0.180. The lowest BCUT2D eigenvalue weighted by atomic mass is 10.1. The number of hydrogen-bond acceptors (Lipinski definition) is 2. The van der Waals surface area contributed by atoms with E-state index in [1.807, 2.05) is 6.92 Å². The molecule has 0 aromatic carbocycles. The van der Waals surface area contributed by atoms with Crippen molar-refractivity contribution >= 4 is 34.8 Å². The van der Waals surface area contributed by atoms with Gasteiger partial charge in [0.1, 0.15) is 15.9 Å². The molecule has 5 heteroatoms. The molecule has 0 spiro atoms. The second-order valence-corrected chi connectivity index (χ2v) is 4.06. The molecule has 1 aromatic rings. The third-order valence-corrected chi connectivity index (χ3v) is 3.02. The minimum Gasteiger partial charge on any atom is -0.491 e. The maximum Gasteiger partial charge on any atom is 0.153 e. The van der Waals surface area contributed by atoms with Crippen molar-refractivity contribution in [3.05, 3.63) is 20.9 Å². The van der Waals surface area contributed by atoms with Gasteiger partial charge in [0.05, 0.1) is 6.61 Å². The summed E-state index contributed by atoms with van der Waals surface area (Å²) in [6, 6.07) is 0. The first-order chi connectivity index (χ1) is 6.11. The van der Waals surface area contributed by atoms with Crippen LogP contribution in [0.25, 0.3) is 0 Å². The van der Waals surface area contributed by atoms with Crippen molar-refractivity contribution < 1.29 is 4.74 Å². The second-order valence-electron chi connectivity index (χ2n) is 2.96. The fourth-order valence-electron chi connectivity index (χ4n) is 1.36. The van der Waals surface area contributed by atoms with E-state index in [1.165, 1.54) is 0 Å². The van der Waals surface area contributed by atoms with Crippen molar-refractivity contribution in [2.24, 2.45) is 0 Å². The highest BCUT2D eigenvalue weighted by molar-refractivity contribution is 6.43. The molecule has 0 aliphatic carbocycles. The molecule has 1 atom stereocenters. The highest BCUT2D eigenvalue weighted by Gasteiger charge is 2.28. The van der Waals surface area contributed by atoms with E-state index in [-0.39, 0.29) is 11.1 Å². The van der Waals surface area contributed by atoms with Crippen molar-refractivity contribution in [2.45, 2.75) is 12.8 Å². The number of aromatic nitrogens is 1. The van der Waals surface area contributed by atoms with Crippen LogP contribution in [0.2, 0.25) is 15.3 Å². The normalized spacial score (nSPS) is 19.8. The zero-order valence-corrected chi connectivity index (χ0v) is 9.04. The summed E-state index contributed by atoms with van der Waals surface area (Å²) in [5.41, 5.74) is 0.857. The van der Waals surface area contributed by atoms with Crippen LogP contribution in [0, 0.1) is 0 Å². The van der Waals surface area contributed by atoms with E-state index in [4.69, 9.17) is 39.5 Å². The molecule has 0 saturated carbocycles. The molecule has 13 heavy (non-hydrogen) atoms. The van der Waals surface area contributed by atoms with Crippen molar-refractivity contribution in [3.8, 4) is 5.75 Å². The van der Waals surface area contributed by atoms with Gasteiger partial charge >= 0.3 is 0 Å². The molecule has 0 radical (unpaired) electrons. The lowest BCUT2D eigenvalue weighted by Crippen LogP contribution is -1.94. The molecule has 1 aromatic heterocycles. The van der Waals surface area contributed by atoms with E-state index in [1.54, 1.807) is 0 Å². The van der Waals surface area contributed by atoms with Crippen molar-refractivity contribution in [2.75, 3.05) is 6.61 Å². The van der Waals surface area contributed by atoms with Gasteiger partial charge in [0.15, 0.2) is 5.15 Å². The van der Waals surface area contributed by atoms with Gasteiger partial charge in [-0.05, 0) is 0 Å². The molecular weight excluding hydrogens is 232 g/mol. The van der Waals surface area contributed by atoms with Crippen LogP contribution in [0.15, 0.2) is 0 Å². The van der Waals surface area contributed by atoms with Gasteiger partial charge in [0.2, 0.25) is 0 Å². The largest absolute Gasteiger partial charge is 0.491 e. The van der Waals surface area contributed by atoms with E-state index in [0.29, 0.717) is 22.5 Å². The number of nitrogens with zero attached hydrogens (tertiary/aromatic N) is 1. The zero-order valence-electron chi connectivity index (χ0n) is 6.77. The Morgan fingerprint density at radius 2 is 2.00 bits per heavy atom. The van der Waals surface area contributed by atoms with Gasteiger partial charge in [-0.25, -0.2) is 4.98 Å². The van der Waals surface area contributed by atoms with Gasteiger partial charge in [0.25, 0.3) is 0 Å². The Kier molecular flexibility index (Phi) is 2.30. The molecule has 0 N–H and O–H groups in total. The minimum absolute atomic E-state index is 0.194. The van der Waals surface area contributed by atoms with Crippen molar-refractivity contribution in [1.82, 2.24) is 4.98 Å². The van der Waals surface area contributed by atoms with Crippen LogP contribution in [0.3, 0.4) is 0 Å². The fourth-order valence-corrected chi connectivity index (χ4v) is 2.13. The SMILES string of the molecule is CC1COc2c(Cl)c(Cl)nc(Cl)c21. The van der Waals surface area contributed by atoms with Crippen molar-refractivity contribution in [3.63, 3.8) is 0 Å². The molecule has 0 saturated heterocycles. The summed E-state index contributed by atoms with van der Waals surface area (Å²) in [6.45, 7) is 2.58. The molecule has 2 heterocycles. The first kappa shape index (κ1) is 9.38. The predicted octanol–water partition coefficient (Wildman–Crippen LogP) is 3.54. The average Bonchev–Trinajstić information content (AvgIpc) is 2.44. The van der Waals surface area contributed by atoms with Crippen LogP contribution in [-0.2, 0) is 0 Å². The molecule has 70 valence electrons. The fraction of sp³-hybridized carbons (Fsp3) is 0.375. The first-order valence-corrected chi connectivity index (χ1v) is 4.92. The topological polar surface area (TPSA) is 22.1 Å². The van der Waals surface area contributed by atoms with Crippen molar-refractivity contribution in [1.29, 1.82) is 0 Å². The summed E-state index contributed by atoms with van der Waals surface area (Å²) < 4.78 is 5.36. The van der Waals surface area contributed by atoms with E-state index in [2.05, 4.69) is 4.98 Å². The highest BCUT2D eigenvalue weighted by Crippen LogP contribution is 2.45. The quantitative estimate of drug-likeness (QED) is 0.645. The van der Waals surface area contributed by atoms with E-state index in [9.17, 15) is 0 Å². The first-order valence-electron chi connectivity index (χ1n) is 3.78. The lowest BCUT2D eigenvalue weighted by Gasteiger charge is -2.05. The average molecular weight is 239 g/mol. The third kappa shape index (κ3) is 1.37. The monoisotopic (exact) mass is 237 g/mol. The standard InChI is InChI=1S/C8H6Cl3NO/c1-3-2-13-6-4(3)7(10)12-8(11)5(6)9/h3H,2H2,1H3. The molecule has 1 unspecified atom stereocenters. The van der Waals surface area contributed by atoms with E-state index in [0.717, 1.165) is 5.56 Å². The van der Waals surface area contributed by atoms with Crippen LogP contribution in [0.4, 0.5) is 0 Å². The molecule has 0 bridgehead atoms. The van der Waals surface area contributed by atoms with Crippen LogP contribution in [-0.4, -0.2) is 11.6 Å². The smallest absolute Gasteiger partial charge is 0.153 e. The summed E-state index contributed by atoms with van der Waals surface area (Å²) in [7, 11) is 0. The Balaban J connectivity index is 2.69. The third-order valence-electron chi connectivity index (χ3n) is 2.01. The molecule has 0 fully saturated rings. The van der Waals surface area contributed by atoms with Crippen LogP contribution < -0.4 is 4.74 Å². The number of hydrogen-bond donors (Lipinski definition) is 0. The Morgan fingerprint density at radius 3 is 2.69 bits per heavy atom. The van der Waals surface area contributed by atoms with Gasteiger partial charge in [0, 0.05) is 11.5 Å². The van der Waals surface area contributed by atoms with Crippen LogP contribution in [0.1, 0.15) is 18.4 Å². The van der Waals surface area contributed by atoms with Gasteiger partial charge in [-0.3, -0.25) is 0 Å². The summed E-state index contributed by atoms with van der Waals surface area (Å²) in [5.74, 6) is 0.809.